The standard InChI is InChI=1S/C12H15ClN4O2S/c1-8-9(5-14-2)3-10(13)4-12(8)20(18,19)17-11-6-15-16-7-11/h3-4,6-7,14,17H,5H2,1-2H3,(H,15,16). The van der Waals surface area contributed by atoms with Crippen molar-refractivity contribution in [3.63, 3.8) is 0 Å². The fraction of sp³-hybridized carbons (Fsp3) is 0.250. The largest absolute Gasteiger partial charge is 0.316 e. The highest BCUT2D eigenvalue weighted by atomic mass is 35.5. The molecule has 0 aliphatic heterocycles. The lowest BCUT2D eigenvalue weighted by molar-refractivity contribution is 0.600. The van der Waals surface area contributed by atoms with Crippen molar-refractivity contribution in [2.45, 2.75) is 18.4 Å². The van der Waals surface area contributed by atoms with Crippen LogP contribution in [0.15, 0.2) is 29.4 Å². The third kappa shape index (κ3) is 3.12. The van der Waals surface area contributed by atoms with E-state index in [0.717, 1.165) is 5.56 Å². The second kappa shape index (κ2) is 5.82. The number of benzene rings is 1. The van der Waals surface area contributed by atoms with Gasteiger partial charge in [0.1, 0.15) is 0 Å². The van der Waals surface area contributed by atoms with Gasteiger partial charge < -0.3 is 5.32 Å². The van der Waals surface area contributed by atoms with Crippen molar-refractivity contribution in [3.05, 3.63) is 40.7 Å². The van der Waals surface area contributed by atoms with E-state index < -0.39 is 10.0 Å². The second-order valence-corrected chi connectivity index (χ2v) is 6.40. The molecule has 0 spiro atoms. The van der Waals surface area contributed by atoms with E-state index in [4.69, 9.17) is 11.6 Å². The summed E-state index contributed by atoms with van der Waals surface area (Å²) in [7, 11) is -1.91. The van der Waals surface area contributed by atoms with Crippen LogP contribution in [-0.4, -0.2) is 25.7 Å². The Kier molecular flexibility index (Phi) is 4.32. The second-order valence-electron chi connectivity index (χ2n) is 4.31. The van der Waals surface area contributed by atoms with Gasteiger partial charge in [-0.2, -0.15) is 5.10 Å². The number of hydrogen-bond acceptors (Lipinski definition) is 4. The summed E-state index contributed by atoms with van der Waals surface area (Å²) in [5.41, 5.74) is 1.88. The average Bonchev–Trinajstić information content (AvgIpc) is 2.85. The Morgan fingerprint density at radius 3 is 2.75 bits per heavy atom. The highest BCUT2D eigenvalue weighted by molar-refractivity contribution is 7.92. The molecule has 0 radical (unpaired) electrons. The summed E-state index contributed by atoms with van der Waals surface area (Å²) in [6.07, 6.45) is 2.86. The topological polar surface area (TPSA) is 86.9 Å². The number of nitrogens with one attached hydrogen (secondary N) is 3. The Morgan fingerprint density at radius 1 is 1.40 bits per heavy atom. The molecule has 20 heavy (non-hydrogen) atoms. The van der Waals surface area contributed by atoms with Gasteiger partial charge in [0.2, 0.25) is 0 Å². The van der Waals surface area contributed by atoms with Crippen LogP contribution in [-0.2, 0) is 16.6 Å². The zero-order valence-electron chi connectivity index (χ0n) is 11.1. The third-order valence-electron chi connectivity index (χ3n) is 2.84. The van der Waals surface area contributed by atoms with Crippen molar-refractivity contribution < 1.29 is 8.42 Å². The molecule has 1 aromatic heterocycles. The Morgan fingerprint density at radius 2 is 2.15 bits per heavy atom. The Balaban J connectivity index is 2.45. The van der Waals surface area contributed by atoms with Crippen LogP contribution in [0.4, 0.5) is 5.69 Å². The van der Waals surface area contributed by atoms with E-state index in [1.165, 1.54) is 18.5 Å². The molecule has 108 valence electrons. The normalized spacial score (nSPS) is 11.6. The first-order valence-electron chi connectivity index (χ1n) is 5.89. The number of aromatic amines is 1. The predicted octanol–water partition coefficient (Wildman–Crippen LogP) is 1.89. The van der Waals surface area contributed by atoms with E-state index in [0.29, 0.717) is 22.8 Å². The molecule has 8 heteroatoms. The van der Waals surface area contributed by atoms with Crippen LogP contribution in [0.25, 0.3) is 0 Å². The molecule has 0 amide bonds. The summed E-state index contributed by atoms with van der Waals surface area (Å²) < 4.78 is 27.2. The fourth-order valence-corrected chi connectivity index (χ4v) is 3.53. The molecule has 0 unspecified atom stereocenters. The number of sulfonamides is 1. The van der Waals surface area contributed by atoms with Crippen LogP contribution in [0, 0.1) is 6.92 Å². The molecule has 0 fully saturated rings. The molecule has 0 aliphatic rings. The van der Waals surface area contributed by atoms with Gasteiger partial charge in [0, 0.05) is 17.8 Å². The zero-order chi connectivity index (χ0) is 14.8. The minimum Gasteiger partial charge on any atom is -0.316 e. The van der Waals surface area contributed by atoms with Crippen LogP contribution in [0.2, 0.25) is 5.02 Å². The van der Waals surface area contributed by atoms with Crippen molar-refractivity contribution in [1.82, 2.24) is 15.5 Å². The van der Waals surface area contributed by atoms with Gasteiger partial charge in [-0.15, -0.1) is 0 Å². The number of aromatic nitrogens is 2. The van der Waals surface area contributed by atoms with Crippen LogP contribution in [0.1, 0.15) is 11.1 Å². The van der Waals surface area contributed by atoms with Crippen LogP contribution >= 0.6 is 11.6 Å². The molecule has 1 aromatic carbocycles. The molecule has 6 nitrogen and oxygen atoms in total. The highest BCUT2D eigenvalue weighted by Crippen LogP contribution is 2.26. The Hall–Kier alpha value is -1.57. The van der Waals surface area contributed by atoms with Crippen LogP contribution < -0.4 is 10.0 Å². The summed E-state index contributed by atoms with van der Waals surface area (Å²) >= 11 is 6.01. The lowest BCUT2D eigenvalue weighted by Crippen LogP contribution is -2.16. The zero-order valence-corrected chi connectivity index (χ0v) is 12.6. The maximum Gasteiger partial charge on any atom is 0.262 e. The van der Waals surface area contributed by atoms with Gasteiger partial charge in [0.05, 0.1) is 16.8 Å². The van der Waals surface area contributed by atoms with Crippen molar-refractivity contribution in [1.29, 1.82) is 0 Å². The maximum atomic E-state index is 12.4. The van der Waals surface area contributed by atoms with Gasteiger partial charge in [0.15, 0.2) is 0 Å². The number of H-pyrrole nitrogens is 1. The monoisotopic (exact) mass is 314 g/mol. The van der Waals surface area contributed by atoms with E-state index in [9.17, 15) is 8.42 Å². The minimum atomic E-state index is -3.70. The quantitative estimate of drug-likeness (QED) is 0.786. The molecule has 0 aliphatic carbocycles. The molecule has 2 aromatic rings. The van der Waals surface area contributed by atoms with Crippen LogP contribution in [0.5, 0.6) is 0 Å². The average molecular weight is 315 g/mol. The predicted molar refractivity (Wildman–Crippen MR) is 78.3 cm³/mol. The maximum absolute atomic E-state index is 12.4. The van der Waals surface area contributed by atoms with Gasteiger partial charge in [-0.25, -0.2) is 8.42 Å². The molecular formula is C12H15ClN4O2S. The van der Waals surface area contributed by atoms with Gasteiger partial charge in [-0.3, -0.25) is 9.82 Å². The smallest absolute Gasteiger partial charge is 0.262 e. The van der Waals surface area contributed by atoms with Gasteiger partial charge >= 0.3 is 0 Å². The summed E-state index contributed by atoms with van der Waals surface area (Å²) in [5, 5.41) is 9.62. The Labute approximate surface area is 122 Å². The Bertz CT molecular complexity index is 698. The molecule has 2 rings (SSSR count). The lowest BCUT2D eigenvalue weighted by Gasteiger charge is -2.13. The third-order valence-corrected chi connectivity index (χ3v) is 4.57. The van der Waals surface area contributed by atoms with E-state index in [-0.39, 0.29) is 4.90 Å². The minimum absolute atomic E-state index is 0.163. The molecule has 0 saturated heterocycles. The van der Waals surface area contributed by atoms with Gasteiger partial charge in [-0.05, 0) is 37.2 Å². The van der Waals surface area contributed by atoms with Crippen LogP contribution in [0.3, 0.4) is 0 Å². The fourth-order valence-electron chi connectivity index (χ4n) is 1.88. The molecule has 0 saturated carbocycles. The number of nitrogens with zero attached hydrogens (tertiary/aromatic N) is 1. The number of halogens is 1. The molecular weight excluding hydrogens is 300 g/mol. The number of hydrogen-bond donors (Lipinski definition) is 3. The summed E-state index contributed by atoms with van der Waals surface area (Å²) in [6, 6.07) is 3.20. The van der Waals surface area contributed by atoms with E-state index in [2.05, 4.69) is 20.2 Å². The summed E-state index contributed by atoms with van der Waals surface area (Å²) in [4.78, 5) is 0.163. The molecule has 1 heterocycles. The van der Waals surface area contributed by atoms with E-state index in [1.807, 2.05) is 0 Å². The first-order valence-corrected chi connectivity index (χ1v) is 7.75. The van der Waals surface area contributed by atoms with Crippen molar-refractivity contribution in [3.8, 4) is 0 Å². The first kappa shape index (κ1) is 14.8. The van der Waals surface area contributed by atoms with Crippen molar-refractivity contribution in [2.75, 3.05) is 11.8 Å². The van der Waals surface area contributed by atoms with Crippen molar-refractivity contribution in [2.24, 2.45) is 0 Å². The summed E-state index contributed by atoms with van der Waals surface area (Å²) in [5.74, 6) is 0. The lowest BCUT2D eigenvalue weighted by atomic mass is 10.1. The molecule has 0 bridgehead atoms. The highest BCUT2D eigenvalue weighted by Gasteiger charge is 2.20. The molecule has 0 atom stereocenters. The first-order chi connectivity index (χ1) is 9.44. The van der Waals surface area contributed by atoms with E-state index >= 15 is 0 Å². The van der Waals surface area contributed by atoms with Gasteiger partial charge in [0.25, 0.3) is 10.0 Å². The van der Waals surface area contributed by atoms with E-state index in [1.54, 1.807) is 20.0 Å². The number of anilines is 1. The summed E-state index contributed by atoms with van der Waals surface area (Å²) in [6.45, 7) is 2.30. The number of rotatable bonds is 5. The molecule has 3 N–H and O–H groups in total. The SMILES string of the molecule is CNCc1cc(Cl)cc(S(=O)(=O)Nc2cn[nH]c2)c1C. The van der Waals surface area contributed by atoms with Crippen molar-refractivity contribution >= 4 is 27.3 Å². The van der Waals surface area contributed by atoms with Gasteiger partial charge in [-0.1, -0.05) is 11.6 Å².